The average molecular weight is 297 g/mol. The third kappa shape index (κ3) is 5.65. The zero-order valence-electron chi connectivity index (χ0n) is 13.7. The lowest BCUT2D eigenvalue weighted by Crippen LogP contribution is -2.47. The highest BCUT2D eigenvalue weighted by Gasteiger charge is 2.28. The number of nitrogens with two attached hydrogens (primary N) is 1. The summed E-state index contributed by atoms with van der Waals surface area (Å²) in [7, 11) is 0. The van der Waals surface area contributed by atoms with Crippen molar-refractivity contribution in [3.8, 4) is 0 Å². The van der Waals surface area contributed by atoms with Crippen molar-refractivity contribution in [2.24, 2.45) is 17.6 Å². The van der Waals surface area contributed by atoms with E-state index in [-0.39, 0.29) is 29.7 Å². The third-order valence-corrected chi connectivity index (χ3v) is 4.21. The molecule has 5 heteroatoms. The van der Waals surface area contributed by atoms with Crippen molar-refractivity contribution < 1.29 is 9.59 Å². The number of nitrogens with zero attached hydrogens (tertiary/aromatic N) is 1. The molecule has 1 atom stereocenters. The van der Waals surface area contributed by atoms with E-state index in [1.807, 2.05) is 18.7 Å². The molecular formula is C16H31N3O2. The van der Waals surface area contributed by atoms with Crippen molar-refractivity contribution in [3.63, 3.8) is 0 Å². The van der Waals surface area contributed by atoms with Crippen molar-refractivity contribution in [3.05, 3.63) is 0 Å². The molecule has 0 aromatic carbocycles. The second kappa shape index (κ2) is 9.03. The lowest BCUT2D eigenvalue weighted by atomic mass is 9.94. The number of amides is 2. The molecule has 1 heterocycles. The molecule has 0 saturated carbocycles. The highest BCUT2D eigenvalue weighted by Crippen LogP contribution is 2.19. The number of piperidine rings is 1. The first kappa shape index (κ1) is 18.0. The van der Waals surface area contributed by atoms with Gasteiger partial charge < -0.3 is 16.0 Å². The minimum absolute atomic E-state index is 0.0249. The lowest BCUT2D eigenvalue weighted by molar-refractivity contribution is -0.138. The second-order valence-electron chi connectivity index (χ2n) is 6.34. The standard InChI is InChI=1S/C16H31N3O2/c1-4-5-6-14(11-17)18-15(20)13-7-9-19(10-8-13)16(21)12(2)3/h12-14H,4-11,17H2,1-3H3,(H,18,20). The molecule has 0 aromatic heterocycles. The molecule has 21 heavy (non-hydrogen) atoms. The fourth-order valence-electron chi connectivity index (χ4n) is 2.75. The van der Waals surface area contributed by atoms with Gasteiger partial charge in [-0.3, -0.25) is 9.59 Å². The number of carbonyl (C=O) groups is 2. The molecule has 3 N–H and O–H groups in total. The van der Waals surface area contributed by atoms with Gasteiger partial charge in [-0.15, -0.1) is 0 Å². The van der Waals surface area contributed by atoms with Gasteiger partial charge >= 0.3 is 0 Å². The van der Waals surface area contributed by atoms with Gasteiger partial charge in [-0.25, -0.2) is 0 Å². The second-order valence-corrected chi connectivity index (χ2v) is 6.34. The monoisotopic (exact) mass is 297 g/mol. The molecule has 1 saturated heterocycles. The van der Waals surface area contributed by atoms with E-state index in [0.29, 0.717) is 19.6 Å². The Hall–Kier alpha value is -1.10. The van der Waals surface area contributed by atoms with E-state index in [1.165, 1.54) is 0 Å². The fraction of sp³-hybridized carbons (Fsp3) is 0.875. The van der Waals surface area contributed by atoms with Crippen LogP contribution in [-0.4, -0.2) is 42.4 Å². The van der Waals surface area contributed by atoms with Gasteiger partial charge in [0.05, 0.1) is 0 Å². The molecule has 1 fully saturated rings. The van der Waals surface area contributed by atoms with Crippen LogP contribution in [0.4, 0.5) is 0 Å². The van der Waals surface area contributed by atoms with Crippen LogP contribution >= 0.6 is 0 Å². The molecule has 1 aliphatic rings. The Labute approximate surface area is 128 Å². The molecule has 0 radical (unpaired) electrons. The Balaban J connectivity index is 2.39. The number of hydrogen-bond acceptors (Lipinski definition) is 3. The van der Waals surface area contributed by atoms with Gasteiger partial charge in [-0.2, -0.15) is 0 Å². The maximum atomic E-state index is 12.3. The summed E-state index contributed by atoms with van der Waals surface area (Å²) < 4.78 is 0. The average Bonchev–Trinajstić information content (AvgIpc) is 2.50. The van der Waals surface area contributed by atoms with E-state index in [1.54, 1.807) is 0 Å². The maximum absolute atomic E-state index is 12.3. The van der Waals surface area contributed by atoms with Crippen molar-refractivity contribution in [1.29, 1.82) is 0 Å². The molecule has 0 aliphatic carbocycles. The Kier molecular flexibility index (Phi) is 7.72. The maximum Gasteiger partial charge on any atom is 0.225 e. The Morgan fingerprint density at radius 2 is 1.90 bits per heavy atom. The Morgan fingerprint density at radius 3 is 2.38 bits per heavy atom. The number of carbonyl (C=O) groups excluding carboxylic acids is 2. The first-order valence-corrected chi connectivity index (χ1v) is 8.28. The van der Waals surface area contributed by atoms with E-state index in [0.717, 1.165) is 32.1 Å². The van der Waals surface area contributed by atoms with Crippen LogP contribution in [-0.2, 0) is 9.59 Å². The highest BCUT2D eigenvalue weighted by molar-refractivity contribution is 5.81. The zero-order chi connectivity index (χ0) is 15.8. The number of nitrogens with one attached hydrogen (secondary N) is 1. The summed E-state index contributed by atoms with van der Waals surface area (Å²) in [6, 6.07) is 0.0905. The summed E-state index contributed by atoms with van der Waals surface area (Å²) in [4.78, 5) is 26.1. The highest BCUT2D eigenvalue weighted by atomic mass is 16.2. The first-order chi connectivity index (χ1) is 9.99. The van der Waals surface area contributed by atoms with E-state index in [9.17, 15) is 9.59 Å². The fourth-order valence-corrected chi connectivity index (χ4v) is 2.75. The number of likely N-dealkylation sites (tertiary alicyclic amines) is 1. The summed E-state index contributed by atoms with van der Waals surface area (Å²) in [5.41, 5.74) is 5.72. The molecule has 1 rings (SSSR count). The van der Waals surface area contributed by atoms with Crippen LogP contribution < -0.4 is 11.1 Å². The number of unbranched alkanes of at least 4 members (excludes halogenated alkanes) is 1. The molecule has 122 valence electrons. The predicted molar refractivity (Wildman–Crippen MR) is 84.7 cm³/mol. The van der Waals surface area contributed by atoms with Gasteiger partial charge in [-0.1, -0.05) is 33.6 Å². The summed E-state index contributed by atoms with van der Waals surface area (Å²) in [6.45, 7) is 7.85. The van der Waals surface area contributed by atoms with Gasteiger partial charge in [0.15, 0.2) is 0 Å². The van der Waals surface area contributed by atoms with Gasteiger partial charge in [0.2, 0.25) is 11.8 Å². The molecule has 0 spiro atoms. The molecular weight excluding hydrogens is 266 g/mol. The van der Waals surface area contributed by atoms with E-state index < -0.39 is 0 Å². The van der Waals surface area contributed by atoms with Crippen LogP contribution in [0.3, 0.4) is 0 Å². The molecule has 1 aliphatic heterocycles. The van der Waals surface area contributed by atoms with Gasteiger partial charge in [0.25, 0.3) is 0 Å². The summed E-state index contributed by atoms with van der Waals surface area (Å²) in [6.07, 6.45) is 4.67. The molecule has 0 bridgehead atoms. The van der Waals surface area contributed by atoms with Crippen LogP contribution in [0.25, 0.3) is 0 Å². The quantitative estimate of drug-likeness (QED) is 0.748. The Morgan fingerprint density at radius 1 is 1.29 bits per heavy atom. The van der Waals surface area contributed by atoms with Crippen LogP contribution in [0.1, 0.15) is 52.9 Å². The number of rotatable bonds is 7. The third-order valence-electron chi connectivity index (χ3n) is 4.21. The van der Waals surface area contributed by atoms with Crippen molar-refractivity contribution in [2.75, 3.05) is 19.6 Å². The van der Waals surface area contributed by atoms with Crippen molar-refractivity contribution in [1.82, 2.24) is 10.2 Å². The zero-order valence-corrected chi connectivity index (χ0v) is 13.7. The van der Waals surface area contributed by atoms with E-state index in [2.05, 4.69) is 12.2 Å². The minimum Gasteiger partial charge on any atom is -0.352 e. The molecule has 2 amide bonds. The lowest BCUT2D eigenvalue weighted by Gasteiger charge is -2.33. The van der Waals surface area contributed by atoms with Crippen LogP contribution in [0.15, 0.2) is 0 Å². The summed E-state index contributed by atoms with van der Waals surface area (Å²) >= 11 is 0. The minimum atomic E-state index is 0.0249. The van der Waals surface area contributed by atoms with Crippen LogP contribution in [0.5, 0.6) is 0 Å². The topological polar surface area (TPSA) is 75.4 Å². The van der Waals surface area contributed by atoms with Gasteiger partial charge in [-0.05, 0) is 19.3 Å². The smallest absolute Gasteiger partial charge is 0.225 e. The predicted octanol–water partition coefficient (Wildman–Crippen LogP) is 1.51. The molecule has 1 unspecified atom stereocenters. The van der Waals surface area contributed by atoms with Crippen LogP contribution in [0.2, 0.25) is 0 Å². The largest absolute Gasteiger partial charge is 0.352 e. The van der Waals surface area contributed by atoms with Crippen LogP contribution in [0, 0.1) is 11.8 Å². The van der Waals surface area contributed by atoms with E-state index in [4.69, 9.17) is 5.73 Å². The van der Waals surface area contributed by atoms with E-state index >= 15 is 0 Å². The summed E-state index contributed by atoms with van der Waals surface area (Å²) in [5.74, 6) is 0.359. The molecule has 0 aromatic rings. The number of hydrogen-bond donors (Lipinski definition) is 2. The Bertz CT molecular complexity index is 336. The van der Waals surface area contributed by atoms with Gasteiger partial charge in [0, 0.05) is 37.5 Å². The van der Waals surface area contributed by atoms with Gasteiger partial charge in [0.1, 0.15) is 0 Å². The van der Waals surface area contributed by atoms with Crippen molar-refractivity contribution >= 4 is 11.8 Å². The normalized spacial score (nSPS) is 17.9. The first-order valence-electron chi connectivity index (χ1n) is 8.28. The van der Waals surface area contributed by atoms with Crippen molar-refractivity contribution in [2.45, 2.75) is 58.9 Å². The SMILES string of the molecule is CCCCC(CN)NC(=O)C1CCN(C(=O)C(C)C)CC1. The molecule has 5 nitrogen and oxygen atoms in total. The summed E-state index contributed by atoms with van der Waals surface area (Å²) in [5, 5.41) is 3.07.